The Hall–Kier alpha value is 2.32. The van der Waals surface area contributed by atoms with Crippen LogP contribution in [0.25, 0.3) is 0 Å². The van der Waals surface area contributed by atoms with Gasteiger partial charge in [-0.05, 0) is 0 Å². The fourth-order valence-electron chi connectivity index (χ4n) is 0. The summed E-state index contributed by atoms with van der Waals surface area (Å²) in [4.78, 5) is 22.9. The van der Waals surface area contributed by atoms with Gasteiger partial charge in [-0.2, -0.15) is 0 Å². The van der Waals surface area contributed by atoms with Gasteiger partial charge in [-0.1, -0.05) is 0 Å². The topological polar surface area (TPSA) is 144 Å². The van der Waals surface area contributed by atoms with Crippen LogP contribution in [0.4, 0.5) is 0 Å². The van der Waals surface area contributed by atoms with Crippen molar-refractivity contribution in [1.82, 2.24) is 0 Å². The molecule has 10 heteroatoms. The van der Waals surface area contributed by atoms with E-state index in [1.165, 1.54) is 0 Å². The van der Waals surface area contributed by atoms with Crippen molar-refractivity contribution >= 4 is 7.82 Å². The number of phosphoric acid groups is 1. The van der Waals surface area contributed by atoms with E-state index in [-0.39, 0.29) is 82.5 Å². The summed E-state index contributed by atoms with van der Waals surface area (Å²) in [5.41, 5.74) is 0. The first-order valence-corrected chi connectivity index (χ1v) is 2.30. The standard InChI is InChI=1S/ClH.2Na.H3O4P.2H2O/c;;;1-5(2,3)4;;/h1H;;;(H3,1,2,3,4);2*1H2/q;2*+1;;;/p-2. The van der Waals surface area contributed by atoms with Gasteiger partial charge in [-0.3, -0.25) is 4.57 Å². The molecule has 0 saturated heterocycles. The van der Waals surface area contributed by atoms with Gasteiger partial charge in [0.2, 0.25) is 0 Å². The van der Waals surface area contributed by atoms with E-state index in [4.69, 9.17) is 19.2 Å². The molecule has 0 heterocycles. The summed E-state index contributed by atoms with van der Waals surface area (Å²) in [6.45, 7) is 0. The smallest absolute Gasteiger partial charge is 1.00 e. The SMILES string of the molecule is O.O.O=P([O-])(O)O.[Cl-].[Na+].[Na+]. The summed E-state index contributed by atoms with van der Waals surface area (Å²) in [7, 11) is -4.89. The maximum absolute atomic E-state index is 8.77. The van der Waals surface area contributed by atoms with Gasteiger partial charge in [0.25, 0.3) is 7.82 Å². The molecule has 10 heavy (non-hydrogen) atoms. The average Bonchev–Trinajstić information content (AvgIpc) is 0.722. The largest absolute Gasteiger partial charge is 1.00 e. The number of rotatable bonds is 0. The molecule has 0 aromatic rings. The van der Waals surface area contributed by atoms with E-state index in [2.05, 4.69) is 0 Å². The molecule has 0 aliphatic rings. The Morgan fingerprint density at radius 2 is 1.10 bits per heavy atom. The zero-order valence-electron chi connectivity index (χ0n) is 5.54. The molecule has 0 spiro atoms. The molecular weight excluding hydrogens is 208 g/mol. The summed E-state index contributed by atoms with van der Waals surface area (Å²) in [6, 6.07) is 0. The summed E-state index contributed by atoms with van der Waals surface area (Å²) in [6.07, 6.45) is 0. The normalized spacial score (nSPS) is 5.90. The van der Waals surface area contributed by atoms with Crippen LogP contribution in [0.15, 0.2) is 0 Å². The first-order valence-electron chi connectivity index (χ1n) is 0.765. The second-order valence-corrected chi connectivity index (χ2v) is 1.47. The molecule has 0 bridgehead atoms. The molecular formula is H6ClNa2O6P. The first-order chi connectivity index (χ1) is 2.00. The van der Waals surface area contributed by atoms with Crippen LogP contribution in [0.3, 0.4) is 0 Å². The van der Waals surface area contributed by atoms with Crippen molar-refractivity contribution in [2.45, 2.75) is 0 Å². The molecule has 6 nitrogen and oxygen atoms in total. The Labute approximate surface area is 108 Å². The summed E-state index contributed by atoms with van der Waals surface area (Å²) in [5.74, 6) is 0. The minimum atomic E-state index is -4.89. The van der Waals surface area contributed by atoms with Gasteiger partial charge in [0.05, 0.1) is 0 Å². The molecule has 6 N–H and O–H groups in total. The maximum Gasteiger partial charge on any atom is 1.00 e. The van der Waals surface area contributed by atoms with Crippen LogP contribution in [-0.4, -0.2) is 20.7 Å². The summed E-state index contributed by atoms with van der Waals surface area (Å²) in [5, 5.41) is 0. The van der Waals surface area contributed by atoms with E-state index in [0.717, 1.165) is 0 Å². The third-order valence-electron chi connectivity index (χ3n) is 0. The number of halogens is 1. The predicted molar refractivity (Wildman–Crippen MR) is 19.3 cm³/mol. The minimum Gasteiger partial charge on any atom is -1.00 e. The van der Waals surface area contributed by atoms with Crippen molar-refractivity contribution in [3.8, 4) is 0 Å². The second-order valence-electron chi connectivity index (χ2n) is 0.491. The average molecular weight is 214 g/mol. The third-order valence-corrected chi connectivity index (χ3v) is 0. The monoisotopic (exact) mass is 214 g/mol. The molecule has 0 unspecified atom stereocenters. The Kier molecular flexibility index (Phi) is 68.8. The molecule has 0 saturated carbocycles. The zero-order chi connectivity index (χ0) is 4.50. The van der Waals surface area contributed by atoms with E-state index >= 15 is 0 Å². The van der Waals surface area contributed by atoms with Gasteiger partial charge in [0.1, 0.15) is 0 Å². The van der Waals surface area contributed by atoms with Crippen LogP contribution in [0.2, 0.25) is 0 Å². The van der Waals surface area contributed by atoms with Gasteiger partial charge in [0, 0.05) is 0 Å². The Bertz CT molecular complexity index is 61.9. The van der Waals surface area contributed by atoms with Crippen molar-refractivity contribution in [2.24, 2.45) is 0 Å². The van der Waals surface area contributed by atoms with Gasteiger partial charge >= 0.3 is 59.1 Å². The molecule has 56 valence electrons. The molecule has 0 radical (unpaired) electrons. The molecule has 0 aliphatic carbocycles. The van der Waals surface area contributed by atoms with Gasteiger partial charge < -0.3 is 38.0 Å². The van der Waals surface area contributed by atoms with Crippen molar-refractivity contribution in [2.75, 3.05) is 0 Å². The van der Waals surface area contributed by atoms with Crippen molar-refractivity contribution in [3.05, 3.63) is 0 Å². The Balaban J connectivity index is -0.00000000800. The molecule has 0 aromatic heterocycles. The fraction of sp³-hybridized carbons (Fsp3) is 0. The van der Waals surface area contributed by atoms with Crippen molar-refractivity contribution < 1.29 is 102 Å². The summed E-state index contributed by atoms with van der Waals surface area (Å²) < 4.78 is 8.77. The Morgan fingerprint density at radius 3 is 1.10 bits per heavy atom. The molecule has 0 fully saturated rings. The van der Waals surface area contributed by atoms with E-state index in [9.17, 15) is 0 Å². The molecule has 0 atom stereocenters. The molecule has 0 amide bonds. The van der Waals surface area contributed by atoms with Gasteiger partial charge in [-0.25, -0.2) is 0 Å². The minimum absolute atomic E-state index is 0. The second kappa shape index (κ2) is 17.4. The maximum atomic E-state index is 8.77. The summed E-state index contributed by atoms with van der Waals surface area (Å²) >= 11 is 0. The van der Waals surface area contributed by atoms with E-state index in [1.807, 2.05) is 0 Å². The van der Waals surface area contributed by atoms with E-state index < -0.39 is 7.82 Å². The molecule has 0 aromatic carbocycles. The van der Waals surface area contributed by atoms with Crippen LogP contribution in [-0.2, 0) is 4.57 Å². The van der Waals surface area contributed by atoms with Crippen LogP contribution < -0.4 is 76.4 Å². The van der Waals surface area contributed by atoms with Gasteiger partial charge in [-0.15, -0.1) is 0 Å². The van der Waals surface area contributed by atoms with E-state index in [0.29, 0.717) is 0 Å². The Morgan fingerprint density at radius 1 is 1.10 bits per heavy atom. The van der Waals surface area contributed by atoms with Gasteiger partial charge in [0.15, 0.2) is 0 Å². The predicted octanol–water partition coefficient (Wildman–Crippen LogP) is -12.2. The zero-order valence-corrected chi connectivity index (χ0v) is 11.2. The van der Waals surface area contributed by atoms with Crippen LogP contribution in [0.5, 0.6) is 0 Å². The third kappa shape index (κ3) is 167. The molecule has 0 aliphatic heterocycles. The van der Waals surface area contributed by atoms with Crippen LogP contribution in [0, 0.1) is 0 Å². The number of hydrogen-bond acceptors (Lipinski definition) is 2. The van der Waals surface area contributed by atoms with Crippen LogP contribution >= 0.6 is 7.82 Å². The van der Waals surface area contributed by atoms with Crippen LogP contribution in [0.1, 0.15) is 0 Å². The fourth-order valence-corrected chi connectivity index (χ4v) is 0. The van der Waals surface area contributed by atoms with Crippen molar-refractivity contribution in [3.63, 3.8) is 0 Å². The first kappa shape index (κ1) is 39.5. The number of hydrogen-bond donors (Lipinski definition) is 2. The molecule has 0 rings (SSSR count). The quantitative estimate of drug-likeness (QED) is 0.305. The van der Waals surface area contributed by atoms with E-state index in [1.54, 1.807) is 0 Å². The van der Waals surface area contributed by atoms with Crippen molar-refractivity contribution in [1.29, 1.82) is 0 Å².